The van der Waals surface area contributed by atoms with E-state index in [-0.39, 0.29) is 5.56 Å². The van der Waals surface area contributed by atoms with Gasteiger partial charge in [-0.2, -0.15) is 0 Å². The predicted octanol–water partition coefficient (Wildman–Crippen LogP) is 2.13. The van der Waals surface area contributed by atoms with Crippen LogP contribution in [0.4, 0.5) is 0 Å². The number of hydrogen-bond donors (Lipinski definition) is 0. The number of benzene rings is 1. The number of hydrogen-bond acceptors (Lipinski definition) is 3. The number of methoxy groups -OCH3 is 1. The standard InChI is InChI=1S/C14H16N2O2/c1-18-10-6-7-12-11(9-10)14(17)16-8-4-2-3-5-13(16)15-12/h6-7,9H,2-5,8H2,1H3. The van der Waals surface area contributed by atoms with Crippen LogP contribution < -0.4 is 10.3 Å². The van der Waals surface area contributed by atoms with Crippen LogP contribution in [0, 0.1) is 0 Å². The topological polar surface area (TPSA) is 44.1 Å². The van der Waals surface area contributed by atoms with Gasteiger partial charge in [0.2, 0.25) is 0 Å². The number of nitrogens with zero attached hydrogens (tertiary/aromatic N) is 2. The minimum atomic E-state index is 0.0656. The summed E-state index contributed by atoms with van der Waals surface area (Å²) in [5, 5.41) is 0.653. The van der Waals surface area contributed by atoms with Crippen molar-refractivity contribution in [2.75, 3.05) is 7.11 Å². The van der Waals surface area contributed by atoms with Gasteiger partial charge in [0.15, 0.2) is 0 Å². The third kappa shape index (κ3) is 1.78. The fraction of sp³-hybridized carbons (Fsp3) is 0.429. The lowest BCUT2D eigenvalue weighted by Crippen LogP contribution is -2.24. The summed E-state index contributed by atoms with van der Waals surface area (Å²) >= 11 is 0. The first-order valence-corrected chi connectivity index (χ1v) is 6.37. The maximum Gasteiger partial charge on any atom is 0.261 e. The molecule has 0 atom stereocenters. The molecule has 1 aromatic heterocycles. The van der Waals surface area contributed by atoms with Crippen molar-refractivity contribution in [1.82, 2.24) is 9.55 Å². The summed E-state index contributed by atoms with van der Waals surface area (Å²) in [4.78, 5) is 17.1. The predicted molar refractivity (Wildman–Crippen MR) is 70.1 cm³/mol. The highest BCUT2D eigenvalue weighted by Crippen LogP contribution is 2.19. The Labute approximate surface area is 105 Å². The van der Waals surface area contributed by atoms with Crippen molar-refractivity contribution in [3.8, 4) is 5.75 Å². The van der Waals surface area contributed by atoms with Gasteiger partial charge in [0.1, 0.15) is 11.6 Å². The molecule has 4 nitrogen and oxygen atoms in total. The fourth-order valence-electron chi connectivity index (χ4n) is 2.52. The molecule has 0 spiro atoms. The zero-order valence-electron chi connectivity index (χ0n) is 10.5. The number of ether oxygens (including phenoxy) is 1. The van der Waals surface area contributed by atoms with Gasteiger partial charge in [-0.3, -0.25) is 9.36 Å². The van der Waals surface area contributed by atoms with Crippen LogP contribution in [0.25, 0.3) is 10.9 Å². The Morgan fingerprint density at radius 2 is 2.17 bits per heavy atom. The number of aromatic nitrogens is 2. The van der Waals surface area contributed by atoms with Crippen LogP contribution in [0.3, 0.4) is 0 Å². The Hall–Kier alpha value is -1.84. The maximum absolute atomic E-state index is 12.5. The van der Waals surface area contributed by atoms with E-state index in [9.17, 15) is 4.79 Å². The van der Waals surface area contributed by atoms with E-state index in [2.05, 4.69) is 4.98 Å². The molecule has 0 aliphatic carbocycles. The molecule has 0 bridgehead atoms. The molecule has 2 aromatic rings. The quantitative estimate of drug-likeness (QED) is 0.772. The minimum Gasteiger partial charge on any atom is -0.497 e. The Morgan fingerprint density at radius 1 is 1.28 bits per heavy atom. The molecule has 0 saturated heterocycles. The molecule has 0 radical (unpaired) electrons. The highest BCUT2D eigenvalue weighted by Gasteiger charge is 2.13. The van der Waals surface area contributed by atoms with Gasteiger partial charge < -0.3 is 4.74 Å². The average molecular weight is 244 g/mol. The highest BCUT2D eigenvalue weighted by molar-refractivity contribution is 5.79. The fourth-order valence-corrected chi connectivity index (χ4v) is 2.52. The summed E-state index contributed by atoms with van der Waals surface area (Å²) in [5.41, 5.74) is 0.838. The largest absolute Gasteiger partial charge is 0.497 e. The van der Waals surface area contributed by atoms with Gasteiger partial charge in [-0.15, -0.1) is 0 Å². The molecule has 0 fully saturated rings. The van der Waals surface area contributed by atoms with E-state index in [0.29, 0.717) is 11.1 Å². The lowest BCUT2D eigenvalue weighted by Gasteiger charge is -2.10. The third-order valence-electron chi connectivity index (χ3n) is 3.52. The van der Waals surface area contributed by atoms with Crippen molar-refractivity contribution >= 4 is 10.9 Å². The first kappa shape index (κ1) is 11.3. The summed E-state index contributed by atoms with van der Waals surface area (Å²) in [6.45, 7) is 0.786. The van der Waals surface area contributed by atoms with Gasteiger partial charge in [-0.1, -0.05) is 6.42 Å². The molecular formula is C14H16N2O2. The van der Waals surface area contributed by atoms with E-state index in [1.54, 1.807) is 13.2 Å². The van der Waals surface area contributed by atoms with Crippen LogP contribution in [0.15, 0.2) is 23.0 Å². The van der Waals surface area contributed by atoms with Crippen LogP contribution in [0.1, 0.15) is 25.1 Å². The summed E-state index contributed by atoms with van der Waals surface area (Å²) in [7, 11) is 1.61. The molecule has 4 heteroatoms. The van der Waals surface area contributed by atoms with Gasteiger partial charge >= 0.3 is 0 Å². The normalized spacial score (nSPS) is 15.2. The van der Waals surface area contributed by atoms with E-state index in [1.807, 2.05) is 16.7 Å². The average Bonchev–Trinajstić information content (AvgIpc) is 2.64. The molecule has 0 amide bonds. The lowest BCUT2D eigenvalue weighted by atomic mass is 10.2. The Bertz CT molecular complexity index is 646. The van der Waals surface area contributed by atoms with Crippen LogP contribution in [-0.4, -0.2) is 16.7 Å². The summed E-state index contributed by atoms with van der Waals surface area (Å²) in [6, 6.07) is 5.49. The second kappa shape index (κ2) is 4.44. The van der Waals surface area contributed by atoms with Crippen molar-refractivity contribution in [2.24, 2.45) is 0 Å². The van der Waals surface area contributed by atoms with Gasteiger partial charge in [-0.05, 0) is 31.0 Å². The first-order valence-electron chi connectivity index (χ1n) is 6.37. The third-order valence-corrected chi connectivity index (χ3v) is 3.52. The molecule has 94 valence electrons. The molecule has 0 saturated carbocycles. The zero-order valence-corrected chi connectivity index (χ0v) is 10.5. The molecule has 2 heterocycles. The van der Waals surface area contributed by atoms with E-state index >= 15 is 0 Å². The zero-order chi connectivity index (χ0) is 12.5. The molecule has 0 unspecified atom stereocenters. The van der Waals surface area contributed by atoms with Gasteiger partial charge in [0, 0.05) is 13.0 Å². The van der Waals surface area contributed by atoms with Crippen molar-refractivity contribution in [1.29, 1.82) is 0 Å². The van der Waals surface area contributed by atoms with Crippen LogP contribution in [-0.2, 0) is 13.0 Å². The Balaban J connectivity index is 2.28. The Kier molecular flexibility index (Phi) is 2.78. The summed E-state index contributed by atoms with van der Waals surface area (Å²) < 4.78 is 7.00. The van der Waals surface area contributed by atoms with E-state index in [0.717, 1.165) is 37.1 Å². The van der Waals surface area contributed by atoms with Crippen LogP contribution >= 0.6 is 0 Å². The molecule has 0 N–H and O–H groups in total. The molecule has 1 aromatic carbocycles. The molecule has 3 rings (SSSR count). The van der Waals surface area contributed by atoms with Crippen LogP contribution in [0.2, 0.25) is 0 Å². The second-order valence-corrected chi connectivity index (χ2v) is 4.68. The SMILES string of the molecule is COc1ccc2nc3n(c(=O)c2c1)CCCCC3. The smallest absolute Gasteiger partial charge is 0.261 e. The van der Waals surface area contributed by atoms with Crippen LogP contribution in [0.5, 0.6) is 5.75 Å². The first-order chi connectivity index (χ1) is 8.79. The van der Waals surface area contributed by atoms with Gasteiger partial charge in [0.25, 0.3) is 5.56 Å². The van der Waals surface area contributed by atoms with Crippen molar-refractivity contribution in [3.63, 3.8) is 0 Å². The molecular weight excluding hydrogens is 228 g/mol. The minimum absolute atomic E-state index is 0.0656. The van der Waals surface area contributed by atoms with E-state index in [4.69, 9.17) is 4.74 Å². The molecule has 1 aliphatic heterocycles. The lowest BCUT2D eigenvalue weighted by molar-refractivity contribution is 0.415. The highest BCUT2D eigenvalue weighted by atomic mass is 16.5. The summed E-state index contributed by atoms with van der Waals surface area (Å²) in [6.07, 6.45) is 4.25. The van der Waals surface area contributed by atoms with E-state index in [1.165, 1.54) is 6.42 Å². The van der Waals surface area contributed by atoms with Crippen molar-refractivity contribution in [3.05, 3.63) is 34.4 Å². The Morgan fingerprint density at radius 3 is 3.00 bits per heavy atom. The molecule has 1 aliphatic rings. The maximum atomic E-state index is 12.5. The number of rotatable bonds is 1. The monoisotopic (exact) mass is 244 g/mol. The van der Waals surface area contributed by atoms with Crippen molar-refractivity contribution < 1.29 is 4.74 Å². The van der Waals surface area contributed by atoms with E-state index < -0.39 is 0 Å². The van der Waals surface area contributed by atoms with Gasteiger partial charge in [-0.25, -0.2) is 4.98 Å². The number of aryl methyl sites for hydroxylation is 1. The number of fused-ring (bicyclic) bond motifs is 2. The molecule has 18 heavy (non-hydrogen) atoms. The van der Waals surface area contributed by atoms with Gasteiger partial charge in [0.05, 0.1) is 18.0 Å². The van der Waals surface area contributed by atoms with Crippen molar-refractivity contribution in [2.45, 2.75) is 32.2 Å². The second-order valence-electron chi connectivity index (χ2n) is 4.68. The summed E-state index contributed by atoms with van der Waals surface area (Å²) in [5.74, 6) is 1.63.